The van der Waals surface area contributed by atoms with Crippen LogP contribution in [0.4, 0.5) is 5.69 Å². The second-order valence-corrected chi connectivity index (χ2v) is 9.44. The molecule has 1 heterocycles. The number of methoxy groups -OCH3 is 4. The van der Waals surface area contributed by atoms with Crippen molar-refractivity contribution in [2.75, 3.05) is 33.3 Å². The quantitative estimate of drug-likeness (QED) is 0.605. The Kier molecular flexibility index (Phi) is 6.30. The summed E-state index contributed by atoms with van der Waals surface area (Å²) in [5.74, 6) is 1.79. The number of Topliss-reactive ketones (excluding diaryl/α,β-unsaturated/α-hetero) is 1. The highest BCUT2D eigenvalue weighted by Gasteiger charge is 2.45. The molecule has 0 saturated carbocycles. The van der Waals surface area contributed by atoms with Gasteiger partial charge in [-0.05, 0) is 17.9 Å². The van der Waals surface area contributed by atoms with Crippen molar-refractivity contribution >= 4 is 17.4 Å². The highest BCUT2D eigenvalue weighted by molar-refractivity contribution is 6.08. The molecule has 0 radical (unpaired) electrons. The van der Waals surface area contributed by atoms with Crippen LogP contribution in [0.2, 0.25) is 0 Å². The zero-order chi connectivity index (χ0) is 24.6. The zero-order valence-corrected chi connectivity index (χ0v) is 20.6. The average molecular weight is 466 g/mol. The molecule has 2 aliphatic rings. The maximum absolute atomic E-state index is 13.7. The van der Waals surface area contributed by atoms with Crippen LogP contribution in [0.3, 0.4) is 0 Å². The summed E-state index contributed by atoms with van der Waals surface area (Å²) in [5, 5.41) is 0. The minimum atomic E-state index is -0.417. The molecule has 0 fully saturated rings. The van der Waals surface area contributed by atoms with Crippen molar-refractivity contribution in [2.45, 2.75) is 39.0 Å². The minimum absolute atomic E-state index is 0.0495. The molecular formula is C27H31NO6. The average Bonchev–Trinajstić information content (AvgIpc) is 2.81. The molecule has 1 amide bonds. The van der Waals surface area contributed by atoms with Crippen molar-refractivity contribution in [3.05, 3.63) is 53.2 Å². The van der Waals surface area contributed by atoms with Crippen molar-refractivity contribution < 1.29 is 28.5 Å². The van der Waals surface area contributed by atoms with Crippen molar-refractivity contribution in [3.8, 4) is 23.0 Å². The van der Waals surface area contributed by atoms with Crippen LogP contribution in [0, 0.1) is 5.41 Å². The van der Waals surface area contributed by atoms with Gasteiger partial charge in [-0.2, -0.15) is 0 Å². The lowest BCUT2D eigenvalue weighted by Gasteiger charge is -2.43. The zero-order valence-electron chi connectivity index (χ0n) is 20.6. The fraction of sp³-hybridized carbons (Fsp3) is 0.407. The Labute approximate surface area is 200 Å². The highest BCUT2D eigenvalue weighted by atomic mass is 16.5. The molecule has 1 aliphatic carbocycles. The third-order valence-corrected chi connectivity index (χ3v) is 6.55. The van der Waals surface area contributed by atoms with Crippen LogP contribution in [-0.2, 0) is 9.59 Å². The van der Waals surface area contributed by atoms with E-state index in [1.54, 1.807) is 51.5 Å². The van der Waals surface area contributed by atoms with E-state index in [4.69, 9.17) is 18.9 Å². The molecule has 34 heavy (non-hydrogen) atoms. The molecule has 1 unspecified atom stereocenters. The molecule has 0 spiro atoms. The number of carbonyl (C=O) groups excluding carboxylic acids is 2. The maximum atomic E-state index is 13.7. The number of para-hydroxylation sites is 1. The van der Waals surface area contributed by atoms with Crippen molar-refractivity contribution in [3.63, 3.8) is 0 Å². The third kappa shape index (κ3) is 4.11. The summed E-state index contributed by atoms with van der Waals surface area (Å²) in [5.41, 5.74) is 2.50. The SMILES string of the molecule is COc1cc(OC)cc(N2C(=O)CC(c3cccc(OC)c3OC)C3=C2CC(C)(C)CC3=O)c1. The lowest BCUT2D eigenvalue weighted by molar-refractivity contribution is -0.121. The summed E-state index contributed by atoms with van der Waals surface area (Å²) in [6.45, 7) is 4.11. The maximum Gasteiger partial charge on any atom is 0.232 e. The number of benzene rings is 2. The van der Waals surface area contributed by atoms with Crippen molar-refractivity contribution in [1.29, 1.82) is 0 Å². The number of amides is 1. The van der Waals surface area contributed by atoms with Gasteiger partial charge in [0, 0.05) is 53.8 Å². The molecule has 0 bridgehead atoms. The van der Waals surface area contributed by atoms with E-state index in [-0.39, 0.29) is 23.5 Å². The molecule has 0 N–H and O–H groups in total. The Balaban J connectivity index is 1.95. The Bertz CT molecular complexity index is 1140. The van der Waals surface area contributed by atoms with E-state index in [2.05, 4.69) is 13.8 Å². The van der Waals surface area contributed by atoms with Crippen LogP contribution in [0.25, 0.3) is 0 Å². The van der Waals surface area contributed by atoms with Gasteiger partial charge in [-0.25, -0.2) is 0 Å². The van der Waals surface area contributed by atoms with Gasteiger partial charge in [0.25, 0.3) is 0 Å². The number of hydrogen-bond acceptors (Lipinski definition) is 6. The number of anilines is 1. The fourth-order valence-corrected chi connectivity index (χ4v) is 5.09. The first kappa shape index (κ1) is 23.7. The second kappa shape index (κ2) is 9.05. The molecule has 0 aromatic heterocycles. The molecule has 2 aromatic carbocycles. The molecule has 7 nitrogen and oxygen atoms in total. The number of rotatable bonds is 6. The molecule has 7 heteroatoms. The second-order valence-electron chi connectivity index (χ2n) is 9.44. The number of carbonyl (C=O) groups is 2. The van der Waals surface area contributed by atoms with E-state index in [0.29, 0.717) is 47.1 Å². The highest BCUT2D eigenvalue weighted by Crippen LogP contribution is 2.51. The van der Waals surface area contributed by atoms with Gasteiger partial charge in [-0.15, -0.1) is 0 Å². The van der Waals surface area contributed by atoms with Crippen molar-refractivity contribution in [2.24, 2.45) is 5.41 Å². The lowest BCUT2D eigenvalue weighted by Crippen LogP contribution is -2.43. The van der Waals surface area contributed by atoms with Gasteiger partial charge in [0.05, 0.1) is 34.1 Å². The molecule has 180 valence electrons. The number of nitrogens with zero attached hydrogens (tertiary/aromatic N) is 1. The monoisotopic (exact) mass is 465 g/mol. The standard InChI is InChI=1S/C27H31NO6/c1-27(2)14-21-25(22(29)15-27)20(19-8-7-9-23(33-5)26(19)34-6)13-24(30)28(21)16-10-17(31-3)12-18(11-16)32-4/h7-12,20H,13-15H2,1-6H3. The summed E-state index contributed by atoms with van der Waals surface area (Å²) in [6, 6.07) is 10.9. The van der Waals surface area contributed by atoms with Crippen LogP contribution in [-0.4, -0.2) is 40.1 Å². The van der Waals surface area contributed by atoms with Gasteiger partial charge in [0.2, 0.25) is 5.91 Å². The Morgan fingerprint density at radius 1 is 0.882 bits per heavy atom. The van der Waals surface area contributed by atoms with Crippen LogP contribution >= 0.6 is 0 Å². The first-order chi connectivity index (χ1) is 16.2. The van der Waals surface area contributed by atoms with Gasteiger partial charge in [-0.3, -0.25) is 14.5 Å². The summed E-state index contributed by atoms with van der Waals surface area (Å²) in [6.07, 6.45) is 1.13. The number of ether oxygens (including phenoxy) is 4. The largest absolute Gasteiger partial charge is 0.497 e. The third-order valence-electron chi connectivity index (χ3n) is 6.55. The van der Waals surface area contributed by atoms with Crippen LogP contribution in [0.15, 0.2) is 47.7 Å². The van der Waals surface area contributed by atoms with E-state index in [1.165, 1.54) is 0 Å². The molecule has 2 aromatic rings. The van der Waals surface area contributed by atoms with E-state index < -0.39 is 5.92 Å². The summed E-state index contributed by atoms with van der Waals surface area (Å²) in [7, 11) is 6.28. The Morgan fingerprint density at radius 2 is 1.56 bits per heavy atom. The molecular weight excluding hydrogens is 434 g/mol. The first-order valence-corrected chi connectivity index (χ1v) is 11.3. The normalized spacial score (nSPS) is 19.6. The molecule has 1 atom stereocenters. The lowest BCUT2D eigenvalue weighted by atomic mass is 9.69. The van der Waals surface area contributed by atoms with Gasteiger partial charge >= 0.3 is 0 Å². The topological polar surface area (TPSA) is 74.3 Å². The molecule has 4 rings (SSSR count). The Hall–Kier alpha value is -3.48. The predicted octanol–water partition coefficient (Wildman–Crippen LogP) is 4.88. The van der Waals surface area contributed by atoms with Crippen LogP contribution < -0.4 is 23.8 Å². The predicted molar refractivity (Wildman–Crippen MR) is 129 cm³/mol. The van der Waals surface area contributed by atoms with E-state index >= 15 is 0 Å². The minimum Gasteiger partial charge on any atom is -0.497 e. The first-order valence-electron chi connectivity index (χ1n) is 11.3. The molecule has 1 aliphatic heterocycles. The summed E-state index contributed by atoms with van der Waals surface area (Å²) in [4.78, 5) is 29.0. The fourth-order valence-electron chi connectivity index (χ4n) is 5.09. The summed E-state index contributed by atoms with van der Waals surface area (Å²) < 4.78 is 22.0. The van der Waals surface area contributed by atoms with Crippen molar-refractivity contribution in [1.82, 2.24) is 0 Å². The number of ketones is 1. The van der Waals surface area contributed by atoms with Gasteiger partial charge in [-0.1, -0.05) is 26.0 Å². The van der Waals surface area contributed by atoms with E-state index in [0.717, 1.165) is 11.3 Å². The van der Waals surface area contributed by atoms with Crippen LogP contribution in [0.1, 0.15) is 44.6 Å². The number of allylic oxidation sites excluding steroid dienone is 2. The van der Waals surface area contributed by atoms with Gasteiger partial charge in [0.1, 0.15) is 11.5 Å². The smallest absolute Gasteiger partial charge is 0.232 e. The van der Waals surface area contributed by atoms with Gasteiger partial charge in [0.15, 0.2) is 17.3 Å². The Morgan fingerprint density at radius 3 is 2.15 bits per heavy atom. The van der Waals surface area contributed by atoms with E-state index in [9.17, 15) is 9.59 Å². The number of hydrogen-bond donors (Lipinski definition) is 0. The van der Waals surface area contributed by atoms with Crippen LogP contribution in [0.5, 0.6) is 23.0 Å². The van der Waals surface area contributed by atoms with E-state index in [1.807, 2.05) is 18.2 Å². The molecule has 0 saturated heterocycles. The summed E-state index contributed by atoms with van der Waals surface area (Å²) >= 11 is 0. The van der Waals surface area contributed by atoms with Gasteiger partial charge < -0.3 is 18.9 Å².